The lowest BCUT2D eigenvalue weighted by Crippen LogP contribution is -2.14. The average Bonchev–Trinajstić information content (AvgIpc) is 3.20. The SMILES string of the molecule is COc1cccc(OC)c1C(=O)OCc1csc(CC(=O)Nc2ccc(C)cc2)n1. The first-order valence-electron chi connectivity index (χ1n) is 9.18. The van der Waals surface area contributed by atoms with Gasteiger partial charge in [-0.1, -0.05) is 23.8 Å². The normalized spacial score (nSPS) is 10.4. The van der Waals surface area contributed by atoms with E-state index in [1.54, 1.807) is 23.6 Å². The first-order chi connectivity index (χ1) is 14.5. The van der Waals surface area contributed by atoms with E-state index in [4.69, 9.17) is 14.2 Å². The Hall–Kier alpha value is -3.39. The van der Waals surface area contributed by atoms with E-state index in [0.717, 1.165) is 11.3 Å². The summed E-state index contributed by atoms with van der Waals surface area (Å²) < 4.78 is 15.8. The Kier molecular flexibility index (Phi) is 7.03. The van der Waals surface area contributed by atoms with Crippen LogP contribution in [0.15, 0.2) is 47.8 Å². The summed E-state index contributed by atoms with van der Waals surface area (Å²) in [7, 11) is 2.94. The second-order valence-electron chi connectivity index (χ2n) is 6.44. The number of esters is 1. The van der Waals surface area contributed by atoms with Crippen molar-refractivity contribution in [3.05, 3.63) is 69.7 Å². The Morgan fingerprint density at radius 1 is 1.03 bits per heavy atom. The highest BCUT2D eigenvalue weighted by Gasteiger charge is 2.20. The van der Waals surface area contributed by atoms with Gasteiger partial charge in [-0.2, -0.15) is 0 Å². The minimum Gasteiger partial charge on any atom is -0.496 e. The number of hydrogen-bond acceptors (Lipinski definition) is 7. The minimum absolute atomic E-state index is 0.0177. The number of nitrogens with zero attached hydrogens (tertiary/aromatic N) is 1. The molecule has 0 aliphatic heterocycles. The first kappa shape index (κ1) is 21.3. The van der Waals surface area contributed by atoms with Crippen LogP contribution in [0.25, 0.3) is 0 Å². The lowest BCUT2D eigenvalue weighted by atomic mass is 10.2. The van der Waals surface area contributed by atoms with Crippen LogP contribution in [0.2, 0.25) is 0 Å². The van der Waals surface area contributed by atoms with Crippen molar-refractivity contribution in [2.45, 2.75) is 20.0 Å². The van der Waals surface area contributed by atoms with Crippen LogP contribution in [0.5, 0.6) is 11.5 Å². The van der Waals surface area contributed by atoms with Crippen molar-refractivity contribution in [1.29, 1.82) is 0 Å². The number of ether oxygens (including phenoxy) is 3. The highest BCUT2D eigenvalue weighted by Crippen LogP contribution is 2.29. The molecule has 0 aliphatic rings. The molecule has 1 N–H and O–H groups in total. The van der Waals surface area contributed by atoms with E-state index in [0.29, 0.717) is 22.2 Å². The van der Waals surface area contributed by atoms with E-state index in [1.165, 1.54) is 25.6 Å². The summed E-state index contributed by atoms with van der Waals surface area (Å²) in [4.78, 5) is 29.1. The van der Waals surface area contributed by atoms with Gasteiger partial charge < -0.3 is 19.5 Å². The number of benzene rings is 2. The molecule has 0 spiro atoms. The molecule has 2 aromatic carbocycles. The number of thiazole rings is 1. The molecule has 8 heteroatoms. The maximum absolute atomic E-state index is 12.5. The second kappa shape index (κ2) is 9.89. The van der Waals surface area contributed by atoms with Gasteiger partial charge in [-0.25, -0.2) is 9.78 Å². The molecule has 0 atom stereocenters. The van der Waals surface area contributed by atoms with Crippen molar-refractivity contribution < 1.29 is 23.8 Å². The zero-order valence-corrected chi connectivity index (χ0v) is 17.7. The monoisotopic (exact) mass is 426 g/mol. The van der Waals surface area contributed by atoms with Crippen molar-refractivity contribution in [2.75, 3.05) is 19.5 Å². The third-order valence-electron chi connectivity index (χ3n) is 4.23. The summed E-state index contributed by atoms with van der Waals surface area (Å²) in [5.41, 5.74) is 2.65. The van der Waals surface area contributed by atoms with Gasteiger partial charge in [0.05, 0.1) is 26.3 Å². The zero-order chi connectivity index (χ0) is 21.5. The largest absolute Gasteiger partial charge is 0.496 e. The number of aromatic nitrogens is 1. The first-order valence-corrected chi connectivity index (χ1v) is 10.1. The number of carbonyl (C=O) groups excluding carboxylic acids is 2. The molecule has 3 rings (SSSR count). The molecular weight excluding hydrogens is 404 g/mol. The Balaban J connectivity index is 1.57. The van der Waals surface area contributed by atoms with Crippen molar-refractivity contribution in [1.82, 2.24) is 4.98 Å². The molecule has 0 aliphatic carbocycles. The standard InChI is InChI=1S/C22H22N2O5S/c1-14-7-9-15(10-8-14)23-19(25)11-20-24-16(13-30-20)12-29-22(26)21-17(27-2)5-4-6-18(21)28-3/h4-10,13H,11-12H2,1-3H3,(H,23,25). The Bertz CT molecular complexity index is 1010. The van der Waals surface area contributed by atoms with Crippen molar-refractivity contribution in [3.8, 4) is 11.5 Å². The summed E-state index contributed by atoms with van der Waals surface area (Å²) in [5.74, 6) is 0.00339. The Labute approximate surface area is 178 Å². The van der Waals surface area contributed by atoms with Crippen molar-refractivity contribution in [2.24, 2.45) is 0 Å². The molecule has 156 valence electrons. The quantitative estimate of drug-likeness (QED) is 0.548. The van der Waals surface area contributed by atoms with Gasteiger partial charge >= 0.3 is 5.97 Å². The summed E-state index contributed by atoms with van der Waals surface area (Å²) in [6.45, 7) is 1.97. The molecule has 3 aromatic rings. The summed E-state index contributed by atoms with van der Waals surface area (Å²) in [5, 5.41) is 5.24. The van der Waals surface area contributed by atoms with Gasteiger partial charge in [-0.15, -0.1) is 11.3 Å². The number of rotatable bonds is 8. The molecule has 0 saturated carbocycles. The summed E-state index contributed by atoms with van der Waals surface area (Å²) in [6, 6.07) is 12.6. The van der Waals surface area contributed by atoms with Gasteiger partial charge in [0.1, 0.15) is 28.7 Å². The van der Waals surface area contributed by atoms with E-state index in [2.05, 4.69) is 10.3 Å². The molecule has 0 bridgehead atoms. The predicted octanol–water partition coefficient (Wildman–Crippen LogP) is 4.01. The number of anilines is 1. The smallest absolute Gasteiger partial charge is 0.346 e. The van der Waals surface area contributed by atoms with Crippen molar-refractivity contribution in [3.63, 3.8) is 0 Å². The van der Waals surface area contributed by atoms with Gasteiger partial charge in [0, 0.05) is 11.1 Å². The fourth-order valence-corrected chi connectivity index (χ4v) is 3.52. The lowest BCUT2D eigenvalue weighted by molar-refractivity contribution is -0.115. The molecule has 1 heterocycles. The minimum atomic E-state index is -0.573. The fourth-order valence-electron chi connectivity index (χ4n) is 2.74. The topological polar surface area (TPSA) is 86.8 Å². The number of methoxy groups -OCH3 is 2. The molecule has 0 fully saturated rings. The van der Waals surface area contributed by atoms with Crippen LogP contribution < -0.4 is 14.8 Å². The molecule has 0 radical (unpaired) electrons. The lowest BCUT2D eigenvalue weighted by Gasteiger charge is -2.11. The van der Waals surface area contributed by atoms with Crippen LogP contribution in [0, 0.1) is 6.92 Å². The van der Waals surface area contributed by atoms with Crippen molar-refractivity contribution >= 4 is 28.9 Å². The van der Waals surface area contributed by atoms with Crippen LogP contribution in [0.1, 0.15) is 26.6 Å². The zero-order valence-electron chi connectivity index (χ0n) is 16.9. The maximum atomic E-state index is 12.5. The number of hydrogen-bond donors (Lipinski definition) is 1. The highest BCUT2D eigenvalue weighted by atomic mass is 32.1. The van der Waals surface area contributed by atoms with E-state index in [9.17, 15) is 9.59 Å². The third kappa shape index (κ3) is 5.36. The van der Waals surface area contributed by atoms with Gasteiger partial charge in [0.2, 0.25) is 5.91 Å². The summed E-state index contributed by atoms with van der Waals surface area (Å²) >= 11 is 1.34. The molecule has 7 nitrogen and oxygen atoms in total. The van der Waals surface area contributed by atoms with Crippen LogP contribution >= 0.6 is 11.3 Å². The molecular formula is C22H22N2O5S. The van der Waals surface area contributed by atoms with Gasteiger partial charge in [-0.3, -0.25) is 4.79 Å². The average molecular weight is 426 g/mol. The number of nitrogens with one attached hydrogen (secondary N) is 1. The Morgan fingerprint density at radius 3 is 2.33 bits per heavy atom. The second-order valence-corrected chi connectivity index (χ2v) is 7.38. The van der Waals surface area contributed by atoms with Gasteiger partial charge in [0.25, 0.3) is 0 Å². The van der Waals surface area contributed by atoms with Gasteiger partial charge in [0.15, 0.2) is 0 Å². The maximum Gasteiger partial charge on any atom is 0.346 e. The molecule has 0 unspecified atom stereocenters. The fraction of sp³-hybridized carbons (Fsp3) is 0.227. The van der Waals surface area contributed by atoms with E-state index in [1.807, 2.05) is 31.2 Å². The molecule has 30 heavy (non-hydrogen) atoms. The highest BCUT2D eigenvalue weighted by molar-refractivity contribution is 7.09. The van der Waals surface area contributed by atoms with Gasteiger partial charge in [-0.05, 0) is 31.2 Å². The number of amides is 1. The third-order valence-corrected chi connectivity index (χ3v) is 5.13. The van der Waals surface area contributed by atoms with Crippen LogP contribution in [0.4, 0.5) is 5.69 Å². The molecule has 1 aromatic heterocycles. The molecule has 1 amide bonds. The van der Waals surface area contributed by atoms with Crippen LogP contribution in [0.3, 0.4) is 0 Å². The van der Waals surface area contributed by atoms with E-state index in [-0.39, 0.29) is 24.5 Å². The Morgan fingerprint density at radius 2 is 1.70 bits per heavy atom. The summed E-state index contributed by atoms with van der Waals surface area (Å²) in [6.07, 6.45) is 0.146. The van der Waals surface area contributed by atoms with E-state index >= 15 is 0 Å². The predicted molar refractivity (Wildman–Crippen MR) is 114 cm³/mol. The molecule has 0 saturated heterocycles. The number of aryl methyl sites for hydroxylation is 1. The van der Waals surface area contributed by atoms with Crippen LogP contribution in [-0.4, -0.2) is 31.1 Å². The van der Waals surface area contributed by atoms with Crippen LogP contribution in [-0.2, 0) is 22.6 Å². The van der Waals surface area contributed by atoms with E-state index < -0.39 is 5.97 Å². The number of carbonyl (C=O) groups is 2.